The first kappa shape index (κ1) is 13.5. The Morgan fingerprint density at radius 2 is 2.44 bits per heavy atom. The fraction of sp³-hybridized carbons (Fsp3) is 0.769. The van der Waals surface area contributed by atoms with Crippen molar-refractivity contribution in [3.63, 3.8) is 0 Å². The van der Waals surface area contributed by atoms with Crippen LogP contribution in [0.3, 0.4) is 0 Å². The Labute approximate surface area is 109 Å². The van der Waals surface area contributed by atoms with Gasteiger partial charge in [0.15, 0.2) is 0 Å². The lowest BCUT2D eigenvalue weighted by Gasteiger charge is -2.27. The Balaban J connectivity index is 2.10. The van der Waals surface area contributed by atoms with E-state index in [1.54, 1.807) is 7.11 Å². The highest BCUT2D eigenvalue weighted by atomic mass is 16.5. The Hall–Kier alpha value is -0.910. The molecule has 0 spiro atoms. The molecule has 2 atom stereocenters. The van der Waals surface area contributed by atoms with Crippen LogP contribution in [-0.4, -0.2) is 47.3 Å². The fourth-order valence-corrected chi connectivity index (χ4v) is 2.72. The molecule has 1 fully saturated rings. The highest BCUT2D eigenvalue weighted by Crippen LogP contribution is 2.25. The van der Waals surface area contributed by atoms with Gasteiger partial charge >= 0.3 is 0 Å². The number of hydrogen-bond acceptors (Lipinski definition) is 4. The summed E-state index contributed by atoms with van der Waals surface area (Å²) in [5.74, 6) is 0. The molecule has 0 aliphatic carbocycles. The van der Waals surface area contributed by atoms with Gasteiger partial charge in [-0.25, -0.2) is 4.98 Å². The SMILES string of the molecule is CCCn1cncc1C(CN)N1CCC(OC)C1. The lowest BCUT2D eigenvalue weighted by atomic mass is 10.2. The summed E-state index contributed by atoms with van der Waals surface area (Å²) < 4.78 is 7.65. The van der Waals surface area contributed by atoms with Gasteiger partial charge in [0, 0.05) is 39.5 Å². The highest BCUT2D eigenvalue weighted by molar-refractivity contribution is 5.07. The smallest absolute Gasteiger partial charge is 0.0948 e. The van der Waals surface area contributed by atoms with Crippen LogP contribution >= 0.6 is 0 Å². The summed E-state index contributed by atoms with van der Waals surface area (Å²) in [6, 6.07) is 0.263. The minimum Gasteiger partial charge on any atom is -0.380 e. The summed E-state index contributed by atoms with van der Waals surface area (Å²) >= 11 is 0. The van der Waals surface area contributed by atoms with E-state index in [4.69, 9.17) is 10.5 Å². The van der Waals surface area contributed by atoms with Crippen molar-refractivity contribution in [2.45, 2.75) is 38.5 Å². The van der Waals surface area contributed by atoms with Crippen molar-refractivity contribution in [1.82, 2.24) is 14.5 Å². The minimum absolute atomic E-state index is 0.263. The van der Waals surface area contributed by atoms with Crippen molar-refractivity contribution in [1.29, 1.82) is 0 Å². The molecule has 0 aromatic carbocycles. The van der Waals surface area contributed by atoms with E-state index in [0.717, 1.165) is 32.5 Å². The van der Waals surface area contributed by atoms with Crippen LogP contribution < -0.4 is 5.73 Å². The van der Waals surface area contributed by atoms with Crippen molar-refractivity contribution < 1.29 is 4.74 Å². The number of nitrogens with zero attached hydrogens (tertiary/aromatic N) is 3. The third-order valence-electron chi connectivity index (χ3n) is 3.72. The van der Waals surface area contributed by atoms with E-state index in [-0.39, 0.29) is 6.04 Å². The molecule has 0 bridgehead atoms. The molecular weight excluding hydrogens is 228 g/mol. The van der Waals surface area contributed by atoms with E-state index < -0.39 is 0 Å². The van der Waals surface area contributed by atoms with Crippen LogP contribution in [0.15, 0.2) is 12.5 Å². The summed E-state index contributed by atoms with van der Waals surface area (Å²) in [6.07, 6.45) is 6.41. The Morgan fingerprint density at radius 1 is 1.61 bits per heavy atom. The average Bonchev–Trinajstić information content (AvgIpc) is 3.01. The van der Waals surface area contributed by atoms with Crippen LogP contribution in [0.4, 0.5) is 0 Å². The lowest BCUT2D eigenvalue weighted by Crippen LogP contribution is -2.34. The lowest BCUT2D eigenvalue weighted by molar-refractivity contribution is 0.101. The highest BCUT2D eigenvalue weighted by Gasteiger charge is 2.29. The minimum atomic E-state index is 0.263. The quantitative estimate of drug-likeness (QED) is 0.821. The van der Waals surface area contributed by atoms with E-state index in [2.05, 4.69) is 21.4 Å². The second kappa shape index (κ2) is 6.31. The maximum absolute atomic E-state index is 5.97. The molecule has 0 radical (unpaired) electrons. The number of aromatic nitrogens is 2. The van der Waals surface area contributed by atoms with E-state index in [0.29, 0.717) is 12.6 Å². The number of ether oxygens (including phenoxy) is 1. The van der Waals surface area contributed by atoms with Gasteiger partial charge < -0.3 is 15.0 Å². The average molecular weight is 252 g/mol. The van der Waals surface area contributed by atoms with Crippen LogP contribution in [0, 0.1) is 0 Å². The standard InChI is InChI=1S/C13H24N4O/c1-3-5-17-10-15-8-13(17)12(7-14)16-6-4-11(9-16)18-2/h8,10-12H,3-7,9,14H2,1-2H3. The number of rotatable bonds is 6. The topological polar surface area (TPSA) is 56.3 Å². The fourth-order valence-electron chi connectivity index (χ4n) is 2.72. The summed E-state index contributed by atoms with van der Waals surface area (Å²) in [5, 5.41) is 0. The normalized spacial score (nSPS) is 22.5. The van der Waals surface area contributed by atoms with Crippen molar-refractivity contribution in [2.75, 3.05) is 26.7 Å². The molecule has 1 aromatic heterocycles. The van der Waals surface area contributed by atoms with Crippen LogP contribution in [0.1, 0.15) is 31.5 Å². The predicted molar refractivity (Wildman–Crippen MR) is 71.3 cm³/mol. The molecule has 1 aromatic rings. The molecule has 1 aliphatic heterocycles. The van der Waals surface area contributed by atoms with Gasteiger partial charge in [-0.3, -0.25) is 4.90 Å². The van der Waals surface area contributed by atoms with Crippen LogP contribution in [0.5, 0.6) is 0 Å². The second-order valence-corrected chi connectivity index (χ2v) is 4.90. The van der Waals surface area contributed by atoms with Crippen LogP contribution in [0.25, 0.3) is 0 Å². The molecule has 2 unspecified atom stereocenters. The maximum Gasteiger partial charge on any atom is 0.0948 e. The van der Waals surface area contributed by atoms with E-state index in [1.807, 2.05) is 12.5 Å². The van der Waals surface area contributed by atoms with Crippen molar-refractivity contribution in [2.24, 2.45) is 5.73 Å². The number of hydrogen-bond donors (Lipinski definition) is 1. The summed E-state index contributed by atoms with van der Waals surface area (Å²) in [4.78, 5) is 6.68. The van der Waals surface area contributed by atoms with Gasteiger partial charge in [0.2, 0.25) is 0 Å². The molecular formula is C13H24N4O. The van der Waals surface area contributed by atoms with Crippen molar-refractivity contribution >= 4 is 0 Å². The zero-order valence-electron chi connectivity index (χ0n) is 11.4. The third kappa shape index (κ3) is 2.74. The summed E-state index contributed by atoms with van der Waals surface area (Å²) in [6.45, 7) is 5.84. The molecule has 5 heteroatoms. The van der Waals surface area contributed by atoms with Crippen LogP contribution in [-0.2, 0) is 11.3 Å². The predicted octanol–water partition coefficient (Wildman–Crippen LogP) is 1.01. The molecule has 102 valence electrons. The first-order valence-corrected chi connectivity index (χ1v) is 6.77. The second-order valence-electron chi connectivity index (χ2n) is 4.90. The van der Waals surface area contributed by atoms with Gasteiger partial charge in [0.1, 0.15) is 0 Å². The Bertz CT molecular complexity index is 366. The largest absolute Gasteiger partial charge is 0.380 e. The molecule has 2 rings (SSSR count). The van der Waals surface area contributed by atoms with E-state index >= 15 is 0 Å². The number of nitrogens with two attached hydrogens (primary N) is 1. The monoisotopic (exact) mass is 252 g/mol. The molecule has 18 heavy (non-hydrogen) atoms. The number of methoxy groups -OCH3 is 1. The van der Waals surface area contributed by atoms with Crippen molar-refractivity contribution in [3.05, 3.63) is 18.2 Å². The van der Waals surface area contributed by atoms with Crippen molar-refractivity contribution in [3.8, 4) is 0 Å². The van der Waals surface area contributed by atoms with E-state index in [9.17, 15) is 0 Å². The zero-order valence-corrected chi connectivity index (χ0v) is 11.4. The molecule has 2 heterocycles. The number of imidazole rings is 1. The van der Waals surface area contributed by atoms with Gasteiger partial charge in [-0.2, -0.15) is 0 Å². The molecule has 0 saturated carbocycles. The van der Waals surface area contributed by atoms with Gasteiger partial charge in [-0.15, -0.1) is 0 Å². The van der Waals surface area contributed by atoms with Gasteiger partial charge in [-0.05, 0) is 12.8 Å². The first-order chi connectivity index (χ1) is 8.80. The van der Waals surface area contributed by atoms with Gasteiger partial charge in [-0.1, -0.05) is 6.92 Å². The molecule has 1 aliphatic rings. The molecule has 2 N–H and O–H groups in total. The van der Waals surface area contributed by atoms with Gasteiger partial charge in [0.25, 0.3) is 0 Å². The molecule has 0 amide bonds. The first-order valence-electron chi connectivity index (χ1n) is 6.77. The molecule has 1 saturated heterocycles. The Kier molecular flexibility index (Phi) is 4.74. The summed E-state index contributed by atoms with van der Waals surface area (Å²) in [5.41, 5.74) is 7.20. The summed E-state index contributed by atoms with van der Waals surface area (Å²) in [7, 11) is 1.78. The van der Waals surface area contributed by atoms with Crippen LogP contribution in [0.2, 0.25) is 0 Å². The van der Waals surface area contributed by atoms with E-state index in [1.165, 1.54) is 5.69 Å². The number of aryl methyl sites for hydroxylation is 1. The third-order valence-corrected chi connectivity index (χ3v) is 3.72. The zero-order chi connectivity index (χ0) is 13.0. The molecule has 5 nitrogen and oxygen atoms in total. The maximum atomic E-state index is 5.97. The Morgan fingerprint density at radius 3 is 3.06 bits per heavy atom. The van der Waals surface area contributed by atoms with Gasteiger partial charge in [0.05, 0.1) is 24.2 Å². The number of likely N-dealkylation sites (tertiary alicyclic amines) is 1.